The molecule has 1 aromatic rings. The highest BCUT2D eigenvalue weighted by atomic mass is 32.1. The maximum atomic E-state index is 5.98. The van der Waals surface area contributed by atoms with Crippen LogP contribution in [-0.4, -0.2) is 34.6 Å². The molecule has 1 fully saturated rings. The van der Waals surface area contributed by atoms with Gasteiger partial charge in [-0.3, -0.25) is 16.2 Å². The summed E-state index contributed by atoms with van der Waals surface area (Å²) in [6.07, 6.45) is 6.04. The molecule has 0 radical (unpaired) electrons. The number of hydrogen-bond acceptors (Lipinski definition) is 5. The number of hydrazine groups is 1. The number of likely N-dealkylation sites (N-methyl/N-ethyl adjacent to an activating group) is 1. The fourth-order valence-corrected chi connectivity index (χ4v) is 4.91. The summed E-state index contributed by atoms with van der Waals surface area (Å²) in [6, 6.07) is 0.282. The SMILES string of the molecule is CCN(CC)C1(C(Cc2nc(C)c(C)s2)NN)CCCC1. The molecule has 0 amide bonds. The van der Waals surface area contributed by atoms with Gasteiger partial charge in [0.2, 0.25) is 0 Å². The zero-order chi connectivity index (χ0) is 15.5. The lowest BCUT2D eigenvalue weighted by Crippen LogP contribution is -2.62. The fraction of sp³-hybridized carbons (Fsp3) is 0.812. The molecule has 0 spiro atoms. The zero-order valence-corrected chi connectivity index (χ0v) is 14.7. The van der Waals surface area contributed by atoms with E-state index in [4.69, 9.17) is 10.8 Å². The Kier molecular flexibility index (Phi) is 5.77. The van der Waals surface area contributed by atoms with E-state index in [1.54, 1.807) is 0 Å². The van der Waals surface area contributed by atoms with Crippen LogP contribution in [0.4, 0.5) is 0 Å². The normalized spacial score (nSPS) is 19.3. The summed E-state index contributed by atoms with van der Waals surface area (Å²) < 4.78 is 0. The minimum atomic E-state index is 0.200. The van der Waals surface area contributed by atoms with Crippen molar-refractivity contribution < 1.29 is 0 Å². The van der Waals surface area contributed by atoms with E-state index in [2.05, 4.69) is 38.0 Å². The fourth-order valence-electron chi connectivity index (χ4n) is 3.93. The Morgan fingerprint density at radius 1 is 1.29 bits per heavy atom. The average Bonchev–Trinajstić information content (AvgIpc) is 3.06. The summed E-state index contributed by atoms with van der Waals surface area (Å²) in [7, 11) is 0. The molecule has 3 N–H and O–H groups in total. The molecule has 21 heavy (non-hydrogen) atoms. The summed E-state index contributed by atoms with van der Waals surface area (Å²) in [6.45, 7) is 10.9. The first-order valence-electron chi connectivity index (χ1n) is 8.21. The van der Waals surface area contributed by atoms with Gasteiger partial charge in [-0.05, 0) is 39.8 Å². The van der Waals surface area contributed by atoms with Gasteiger partial charge in [0, 0.05) is 22.9 Å². The number of aryl methyl sites for hydroxylation is 2. The molecule has 1 saturated carbocycles. The van der Waals surface area contributed by atoms with E-state index in [1.165, 1.54) is 35.6 Å². The highest BCUT2D eigenvalue weighted by Gasteiger charge is 2.44. The highest BCUT2D eigenvalue weighted by Crippen LogP contribution is 2.39. The molecule has 1 aliphatic rings. The molecule has 4 nitrogen and oxygen atoms in total. The van der Waals surface area contributed by atoms with Crippen LogP contribution < -0.4 is 11.3 Å². The largest absolute Gasteiger partial charge is 0.297 e. The Labute approximate surface area is 133 Å². The lowest BCUT2D eigenvalue weighted by molar-refractivity contribution is 0.0629. The average molecular weight is 311 g/mol. The van der Waals surface area contributed by atoms with E-state index < -0.39 is 0 Å². The van der Waals surface area contributed by atoms with Crippen LogP contribution in [0.25, 0.3) is 0 Å². The Morgan fingerprint density at radius 2 is 1.90 bits per heavy atom. The minimum absolute atomic E-state index is 0.200. The van der Waals surface area contributed by atoms with Crippen LogP contribution in [0.2, 0.25) is 0 Å². The minimum Gasteiger partial charge on any atom is -0.297 e. The van der Waals surface area contributed by atoms with Gasteiger partial charge in [0.25, 0.3) is 0 Å². The first-order chi connectivity index (χ1) is 10.1. The maximum absolute atomic E-state index is 5.98. The van der Waals surface area contributed by atoms with Gasteiger partial charge in [0.05, 0.1) is 10.7 Å². The third-order valence-electron chi connectivity index (χ3n) is 5.16. The number of nitrogens with two attached hydrogens (primary N) is 1. The zero-order valence-electron chi connectivity index (χ0n) is 13.9. The Balaban J connectivity index is 2.23. The van der Waals surface area contributed by atoms with Gasteiger partial charge in [-0.25, -0.2) is 4.98 Å². The number of nitrogens with one attached hydrogen (secondary N) is 1. The molecule has 5 heteroatoms. The van der Waals surface area contributed by atoms with Gasteiger partial charge in [-0.1, -0.05) is 26.7 Å². The van der Waals surface area contributed by atoms with Crippen molar-refractivity contribution in [1.29, 1.82) is 0 Å². The quantitative estimate of drug-likeness (QED) is 0.600. The monoisotopic (exact) mass is 310 g/mol. The van der Waals surface area contributed by atoms with Crippen molar-refractivity contribution in [2.45, 2.75) is 71.4 Å². The maximum Gasteiger partial charge on any atom is 0.0947 e. The number of thiazole rings is 1. The van der Waals surface area contributed by atoms with Gasteiger partial charge in [-0.2, -0.15) is 0 Å². The van der Waals surface area contributed by atoms with Crippen LogP contribution >= 0.6 is 11.3 Å². The molecule has 0 aliphatic heterocycles. The van der Waals surface area contributed by atoms with Crippen LogP contribution in [0.15, 0.2) is 0 Å². The molecule has 0 bridgehead atoms. The van der Waals surface area contributed by atoms with Gasteiger partial charge in [0.15, 0.2) is 0 Å². The molecule has 120 valence electrons. The molecule has 0 aromatic carbocycles. The highest BCUT2D eigenvalue weighted by molar-refractivity contribution is 7.11. The van der Waals surface area contributed by atoms with Crippen LogP contribution in [0.5, 0.6) is 0 Å². The second-order valence-corrected chi connectivity index (χ2v) is 7.44. The van der Waals surface area contributed by atoms with Crippen molar-refractivity contribution in [1.82, 2.24) is 15.3 Å². The van der Waals surface area contributed by atoms with E-state index in [0.717, 1.165) is 25.2 Å². The third-order valence-corrected chi connectivity index (χ3v) is 6.26. The van der Waals surface area contributed by atoms with E-state index in [-0.39, 0.29) is 11.6 Å². The van der Waals surface area contributed by atoms with Gasteiger partial charge >= 0.3 is 0 Å². The summed E-state index contributed by atoms with van der Waals surface area (Å²) in [5.74, 6) is 5.98. The van der Waals surface area contributed by atoms with Crippen molar-refractivity contribution >= 4 is 11.3 Å². The second kappa shape index (κ2) is 7.18. The number of nitrogens with zero attached hydrogens (tertiary/aromatic N) is 2. The van der Waals surface area contributed by atoms with E-state index >= 15 is 0 Å². The Morgan fingerprint density at radius 3 is 2.33 bits per heavy atom. The van der Waals surface area contributed by atoms with E-state index in [9.17, 15) is 0 Å². The van der Waals surface area contributed by atoms with Crippen molar-refractivity contribution in [3.05, 3.63) is 15.6 Å². The molecule has 0 saturated heterocycles. The van der Waals surface area contributed by atoms with Crippen LogP contribution in [-0.2, 0) is 6.42 Å². The summed E-state index contributed by atoms with van der Waals surface area (Å²) in [4.78, 5) is 8.65. The second-order valence-electron chi connectivity index (χ2n) is 6.16. The molecular formula is C16H30N4S. The van der Waals surface area contributed by atoms with Crippen molar-refractivity contribution in [2.75, 3.05) is 13.1 Å². The summed E-state index contributed by atoms with van der Waals surface area (Å²) in [5, 5.41) is 1.21. The molecule has 1 aliphatic carbocycles. The van der Waals surface area contributed by atoms with Crippen molar-refractivity contribution in [2.24, 2.45) is 5.84 Å². The topological polar surface area (TPSA) is 54.2 Å². The molecule has 1 aromatic heterocycles. The van der Waals surface area contributed by atoms with Crippen molar-refractivity contribution in [3.63, 3.8) is 0 Å². The van der Waals surface area contributed by atoms with Crippen LogP contribution in [0.1, 0.15) is 55.1 Å². The molecule has 2 rings (SSSR count). The summed E-state index contributed by atoms with van der Waals surface area (Å²) in [5.41, 5.74) is 4.50. The van der Waals surface area contributed by atoms with Gasteiger partial charge in [0.1, 0.15) is 0 Å². The van der Waals surface area contributed by atoms with E-state index in [0.29, 0.717) is 0 Å². The Hall–Kier alpha value is -0.490. The predicted molar refractivity (Wildman–Crippen MR) is 90.5 cm³/mol. The first kappa shape index (κ1) is 16.9. The lowest BCUT2D eigenvalue weighted by atomic mass is 9.84. The standard InChI is InChI=1S/C16H30N4S/c1-5-20(6-2)16(9-7-8-10-16)14(19-17)11-15-18-12(3)13(4)21-15/h14,19H,5-11,17H2,1-4H3. The van der Waals surface area contributed by atoms with E-state index in [1.807, 2.05) is 11.3 Å². The van der Waals surface area contributed by atoms with Crippen LogP contribution in [0.3, 0.4) is 0 Å². The Bertz CT molecular complexity index is 428. The molecular weight excluding hydrogens is 280 g/mol. The lowest BCUT2D eigenvalue weighted by Gasteiger charge is -2.46. The van der Waals surface area contributed by atoms with Crippen molar-refractivity contribution in [3.8, 4) is 0 Å². The first-order valence-corrected chi connectivity index (χ1v) is 9.03. The molecule has 1 heterocycles. The van der Waals surface area contributed by atoms with Gasteiger partial charge < -0.3 is 0 Å². The molecule has 1 unspecified atom stereocenters. The smallest absolute Gasteiger partial charge is 0.0947 e. The molecule has 1 atom stereocenters. The van der Waals surface area contributed by atoms with Gasteiger partial charge in [-0.15, -0.1) is 11.3 Å². The predicted octanol–water partition coefficient (Wildman–Crippen LogP) is 2.79. The number of hydrogen-bond donors (Lipinski definition) is 2. The summed E-state index contributed by atoms with van der Waals surface area (Å²) >= 11 is 1.82. The number of aromatic nitrogens is 1. The third kappa shape index (κ3) is 3.31. The number of rotatable bonds is 7. The van der Waals surface area contributed by atoms with Crippen LogP contribution in [0, 0.1) is 13.8 Å².